The molecular formula is C24H27NO6. The number of carbonyl (C=O) groups excluding carboxylic acids is 1. The Balaban J connectivity index is 1.59. The fourth-order valence-electron chi connectivity index (χ4n) is 4.77. The molecule has 31 heavy (non-hydrogen) atoms. The third kappa shape index (κ3) is 4.31. The minimum Gasteiger partial charge on any atom is -0.504 e. The van der Waals surface area contributed by atoms with Crippen molar-refractivity contribution in [1.82, 2.24) is 5.32 Å². The summed E-state index contributed by atoms with van der Waals surface area (Å²) in [5, 5.41) is 23.3. The summed E-state index contributed by atoms with van der Waals surface area (Å²) in [4.78, 5) is 25.0. The van der Waals surface area contributed by atoms with E-state index in [9.17, 15) is 19.8 Å². The van der Waals surface area contributed by atoms with Crippen LogP contribution in [-0.4, -0.2) is 29.8 Å². The molecule has 7 nitrogen and oxygen atoms in total. The van der Waals surface area contributed by atoms with E-state index >= 15 is 0 Å². The molecule has 4 rings (SSSR count). The average Bonchev–Trinajstić information content (AvgIpc) is 3.37. The second kappa shape index (κ2) is 8.49. The summed E-state index contributed by atoms with van der Waals surface area (Å²) in [5.74, 6) is 0.696. The highest BCUT2D eigenvalue weighted by atomic mass is 16.5. The summed E-state index contributed by atoms with van der Waals surface area (Å²) < 4.78 is 10.9. The Kier molecular flexibility index (Phi) is 5.76. The molecule has 1 amide bonds. The number of benzene rings is 1. The molecule has 2 aromatic rings. The van der Waals surface area contributed by atoms with Gasteiger partial charge in [0.25, 0.3) is 0 Å². The summed E-state index contributed by atoms with van der Waals surface area (Å²) in [6, 6.07) is 5.86. The van der Waals surface area contributed by atoms with Gasteiger partial charge < -0.3 is 24.7 Å². The number of amides is 1. The molecule has 7 heteroatoms. The number of aryl methyl sites for hydroxylation is 1. The van der Waals surface area contributed by atoms with Crippen molar-refractivity contribution in [2.24, 2.45) is 17.8 Å². The summed E-state index contributed by atoms with van der Waals surface area (Å²) in [7, 11) is 1.43. The highest BCUT2D eigenvalue weighted by Gasteiger charge is 2.35. The summed E-state index contributed by atoms with van der Waals surface area (Å²) in [5.41, 5.74) is 0.0142. The molecule has 0 saturated heterocycles. The zero-order chi connectivity index (χ0) is 22.1. The molecular weight excluding hydrogens is 398 g/mol. The number of ether oxygens (including phenoxy) is 1. The predicted octanol–water partition coefficient (Wildman–Crippen LogP) is 3.22. The molecule has 1 heterocycles. The molecule has 0 aliphatic heterocycles. The molecule has 1 aromatic carbocycles. The fraction of sp³-hybridized carbons (Fsp3) is 0.417. The van der Waals surface area contributed by atoms with Gasteiger partial charge in [0, 0.05) is 19.0 Å². The topological polar surface area (TPSA) is 109 Å². The smallest absolute Gasteiger partial charge is 0.227 e. The number of carbonyl (C=O) groups is 1. The second-order valence-corrected chi connectivity index (χ2v) is 8.47. The molecule has 1 saturated carbocycles. The standard InChI is InChI=1S/C24H27NO6/c1-13-7-20(27)23(29)24(31-13)18(16-5-6-19(26)21(10-16)30-2)11-22(28)25-12-17-9-14-3-4-15(17)8-14/h3-7,10,14-15,17-18,26,29H,8-9,11-12H2,1-2H3,(H,25,28)/t14-,15-,17+,18+/m0/s1. The minimum atomic E-state index is -0.720. The summed E-state index contributed by atoms with van der Waals surface area (Å²) in [6.45, 7) is 2.21. The van der Waals surface area contributed by atoms with Gasteiger partial charge in [0.1, 0.15) is 5.76 Å². The number of rotatable bonds is 7. The Morgan fingerprint density at radius 1 is 1.26 bits per heavy atom. The normalized spacial score (nSPS) is 22.5. The number of nitrogens with one attached hydrogen (secondary N) is 1. The van der Waals surface area contributed by atoms with Crippen LogP contribution < -0.4 is 15.5 Å². The fourth-order valence-corrected chi connectivity index (χ4v) is 4.77. The lowest BCUT2D eigenvalue weighted by molar-refractivity contribution is -0.121. The van der Waals surface area contributed by atoms with Crippen molar-refractivity contribution in [3.8, 4) is 17.2 Å². The van der Waals surface area contributed by atoms with Crippen molar-refractivity contribution < 1.29 is 24.2 Å². The third-order valence-electron chi connectivity index (χ3n) is 6.36. The summed E-state index contributed by atoms with van der Waals surface area (Å²) >= 11 is 0. The number of methoxy groups -OCH3 is 1. The Bertz CT molecular complexity index is 1070. The first-order chi connectivity index (χ1) is 14.9. The number of aromatic hydroxyl groups is 2. The maximum atomic E-state index is 12.9. The zero-order valence-electron chi connectivity index (χ0n) is 17.6. The predicted molar refractivity (Wildman–Crippen MR) is 114 cm³/mol. The molecule has 0 spiro atoms. The summed E-state index contributed by atoms with van der Waals surface area (Å²) in [6.07, 6.45) is 6.74. The molecule has 1 fully saturated rings. The highest BCUT2D eigenvalue weighted by molar-refractivity contribution is 5.77. The molecule has 0 radical (unpaired) electrons. The number of hydrogen-bond donors (Lipinski definition) is 3. The van der Waals surface area contributed by atoms with Crippen molar-refractivity contribution in [2.75, 3.05) is 13.7 Å². The molecule has 2 aliphatic carbocycles. The van der Waals surface area contributed by atoms with E-state index in [1.807, 2.05) is 0 Å². The Morgan fingerprint density at radius 2 is 2.06 bits per heavy atom. The highest BCUT2D eigenvalue weighted by Crippen LogP contribution is 2.43. The van der Waals surface area contributed by atoms with E-state index in [0.717, 1.165) is 6.42 Å². The third-order valence-corrected chi connectivity index (χ3v) is 6.36. The van der Waals surface area contributed by atoms with E-state index < -0.39 is 17.1 Å². The van der Waals surface area contributed by atoms with Crippen LogP contribution in [-0.2, 0) is 4.79 Å². The lowest BCUT2D eigenvalue weighted by atomic mass is 9.90. The first-order valence-corrected chi connectivity index (χ1v) is 10.5. The first kappa shape index (κ1) is 21.0. The van der Waals surface area contributed by atoms with E-state index in [0.29, 0.717) is 35.6 Å². The first-order valence-electron chi connectivity index (χ1n) is 10.5. The van der Waals surface area contributed by atoms with Crippen LogP contribution >= 0.6 is 0 Å². The van der Waals surface area contributed by atoms with Crippen LogP contribution in [0.15, 0.2) is 45.6 Å². The van der Waals surface area contributed by atoms with Gasteiger partial charge in [-0.15, -0.1) is 0 Å². The Labute approximate surface area is 180 Å². The quantitative estimate of drug-likeness (QED) is 0.588. The van der Waals surface area contributed by atoms with Crippen LogP contribution in [0.5, 0.6) is 17.2 Å². The second-order valence-electron chi connectivity index (χ2n) is 8.47. The largest absolute Gasteiger partial charge is 0.504 e. The van der Waals surface area contributed by atoms with Gasteiger partial charge in [-0.25, -0.2) is 0 Å². The van der Waals surface area contributed by atoms with Crippen molar-refractivity contribution in [2.45, 2.75) is 32.1 Å². The zero-order valence-corrected chi connectivity index (χ0v) is 17.6. The number of hydrogen-bond acceptors (Lipinski definition) is 6. The minimum absolute atomic E-state index is 0.0233. The molecule has 2 aliphatic rings. The Hall–Kier alpha value is -3.22. The van der Waals surface area contributed by atoms with E-state index in [1.165, 1.54) is 25.7 Å². The van der Waals surface area contributed by atoms with Gasteiger partial charge in [-0.1, -0.05) is 18.2 Å². The van der Waals surface area contributed by atoms with Crippen LogP contribution in [0.1, 0.15) is 42.3 Å². The SMILES string of the molecule is COc1cc([C@@H](CC(=O)NC[C@H]2C[C@H]3C=C[C@H]2C3)c2oc(C)cc(=O)c2O)ccc1O. The van der Waals surface area contributed by atoms with Crippen LogP contribution in [0.3, 0.4) is 0 Å². The number of phenols is 1. The van der Waals surface area contributed by atoms with Crippen LogP contribution in [0, 0.1) is 24.7 Å². The number of phenolic OH excluding ortho intramolecular Hbond substituents is 1. The van der Waals surface area contributed by atoms with Crippen molar-refractivity contribution in [3.05, 3.63) is 63.7 Å². The lowest BCUT2D eigenvalue weighted by Crippen LogP contribution is -2.32. The van der Waals surface area contributed by atoms with Gasteiger partial charge in [-0.3, -0.25) is 9.59 Å². The van der Waals surface area contributed by atoms with Gasteiger partial charge in [0.05, 0.1) is 13.0 Å². The van der Waals surface area contributed by atoms with Crippen LogP contribution in [0.4, 0.5) is 0 Å². The van der Waals surface area contributed by atoms with Gasteiger partial charge in [0.15, 0.2) is 17.3 Å². The molecule has 164 valence electrons. The van der Waals surface area contributed by atoms with Gasteiger partial charge in [-0.05, 0) is 55.2 Å². The molecule has 0 unspecified atom stereocenters. The van der Waals surface area contributed by atoms with E-state index in [1.54, 1.807) is 19.1 Å². The average molecular weight is 425 g/mol. The molecule has 2 bridgehead atoms. The maximum absolute atomic E-state index is 12.9. The Morgan fingerprint density at radius 3 is 2.74 bits per heavy atom. The van der Waals surface area contributed by atoms with Crippen LogP contribution in [0.25, 0.3) is 0 Å². The lowest BCUT2D eigenvalue weighted by Gasteiger charge is -2.21. The van der Waals surface area contributed by atoms with E-state index in [4.69, 9.17) is 9.15 Å². The number of allylic oxidation sites excluding steroid dienone is 2. The molecule has 4 atom stereocenters. The van der Waals surface area contributed by atoms with Crippen molar-refractivity contribution in [3.63, 3.8) is 0 Å². The van der Waals surface area contributed by atoms with E-state index in [2.05, 4.69) is 17.5 Å². The van der Waals surface area contributed by atoms with Crippen molar-refractivity contribution in [1.29, 1.82) is 0 Å². The van der Waals surface area contributed by atoms with Crippen LogP contribution in [0.2, 0.25) is 0 Å². The van der Waals surface area contributed by atoms with Crippen molar-refractivity contribution >= 4 is 5.91 Å². The van der Waals surface area contributed by atoms with E-state index in [-0.39, 0.29) is 29.6 Å². The molecule has 3 N–H and O–H groups in total. The number of fused-ring (bicyclic) bond motifs is 2. The van der Waals surface area contributed by atoms with Gasteiger partial charge in [-0.2, -0.15) is 0 Å². The maximum Gasteiger partial charge on any atom is 0.227 e. The van der Waals surface area contributed by atoms with Gasteiger partial charge in [0.2, 0.25) is 17.1 Å². The monoisotopic (exact) mass is 425 g/mol. The molecule has 1 aromatic heterocycles. The van der Waals surface area contributed by atoms with Gasteiger partial charge >= 0.3 is 0 Å².